The molecule has 1 aliphatic rings. The van der Waals surface area contributed by atoms with Crippen molar-refractivity contribution in [3.8, 4) is 11.3 Å². The van der Waals surface area contributed by atoms with Crippen LogP contribution >= 0.6 is 0 Å². The molecule has 1 aromatic heterocycles. The van der Waals surface area contributed by atoms with Gasteiger partial charge in [0, 0.05) is 41.7 Å². The molecule has 0 fully saturated rings. The highest BCUT2D eigenvalue weighted by molar-refractivity contribution is 5.61. The molecule has 3 nitrogen and oxygen atoms in total. The Bertz CT molecular complexity index is 887. The first-order valence-electron chi connectivity index (χ1n) is 9.55. The summed E-state index contributed by atoms with van der Waals surface area (Å²) in [6.07, 6.45) is 5.13. The van der Waals surface area contributed by atoms with E-state index in [2.05, 4.69) is 22.5 Å². The molecule has 0 amide bonds. The molecule has 2 heterocycles. The number of hydrogen-bond acceptors (Lipinski definition) is 3. The van der Waals surface area contributed by atoms with Crippen molar-refractivity contribution >= 4 is 0 Å². The fraction of sp³-hybridized carbons (Fsp3) is 0.409. The fourth-order valence-electron chi connectivity index (χ4n) is 3.36. The Labute approximate surface area is 164 Å². The number of hydrogen-bond donors (Lipinski definition) is 2. The van der Waals surface area contributed by atoms with Gasteiger partial charge in [-0.05, 0) is 57.0 Å². The summed E-state index contributed by atoms with van der Waals surface area (Å²) in [6, 6.07) is 5.30. The lowest BCUT2D eigenvalue weighted by Crippen LogP contribution is -2.20. The molecule has 6 heteroatoms. The van der Waals surface area contributed by atoms with Crippen molar-refractivity contribution in [2.75, 3.05) is 0 Å². The summed E-state index contributed by atoms with van der Waals surface area (Å²) in [5.74, 6) is -1.11. The number of nitrogens with zero attached hydrogens (tertiary/aromatic N) is 1. The van der Waals surface area contributed by atoms with Crippen LogP contribution in [0.5, 0.6) is 0 Å². The maximum atomic E-state index is 14.8. The zero-order valence-electron chi connectivity index (χ0n) is 16.6. The monoisotopic (exact) mass is 389 g/mol. The standard InChI is InChI=1S/C22H26F3N3/c1-5-15-9-16(12-27-15)28-13(2)17-10-20(24)18(11-19(17)23)21-8-14(6-7-26-21)22(3,4)25/h6-8,10-13,15,27-28H,5,9H2,1-4H3/t13?,15-/m0/s1. The average molecular weight is 389 g/mol. The van der Waals surface area contributed by atoms with Crippen molar-refractivity contribution in [2.24, 2.45) is 0 Å². The fourth-order valence-corrected chi connectivity index (χ4v) is 3.36. The van der Waals surface area contributed by atoms with Crippen LogP contribution in [0.3, 0.4) is 0 Å². The topological polar surface area (TPSA) is 37.0 Å². The molecule has 1 aliphatic heterocycles. The lowest BCUT2D eigenvalue weighted by molar-refractivity contribution is 0.221. The lowest BCUT2D eigenvalue weighted by Gasteiger charge is -2.19. The van der Waals surface area contributed by atoms with E-state index in [9.17, 15) is 13.2 Å². The number of pyridine rings is 1. The second-order valence-electron chi connectivity index (χ2n) is 7.77. The molecule has 150 valence electrons. The van der Waals surface area contributed by atoms with Gasteiger partial charge in [-0.3, -0.25) is 4.98 Å². The van der Waals surface area contributed by atoms with Gasteiger partial charge in [0.25, 0.3) is 0 Å². The van der Waals surface area contributed by atoms with Crippen molar-refractivity contribution in [2.45, 2.75) is 58.3 Å². The van der Waals surface area contributed by atoms with E-state index in [-0.39, 0.29) is 16.8 Å². The van der Waals surface area contributed by atoms with Crippen LogP contribution in [0.15, 0.2) is 42.4 Å². The van der Waals surface area contributed by atoms with Crippen LogP contribution < -0.4 is 10.6 Å². The molecule has 2 atom stereocenters. The minimum atomic E-state index is -1.59. The van der Waals surface area contributed by atoms with Gasteiger partial charge in [0.2, 0.25) is 0 Å². The summed E-state index contributed by atoms with van der Waals surface area (Å²) in [4.78, 5) is 4.09. The van der Waals surface area contributed by atoms with Crippen LogP contribution in [0.25, 0.3) is 11.3 Å². The molecule has 0 saturated carbocycles. The zero-order valence-corrected chi connectivity index (χ0v) is 16.6. The Morgan fingerprint density at radius 1 is 1.25 bits per heavy atom. The maximum Gasteiger partial charge on any atom is 0.133 e. The smallest absolute Gasteiger partial charge is 0.133 e. The third-order valence-electron chi connectivity index (χ3n) is 5.13. The van der Waals surface area contributed by atoms with Crippen LogP contribution in [0.4, 0.5) is 13.2 Å². The normalized spacial score (nSPS) is 17.8. The van der Waals surface area contributed by atoms with E-state index in [1.807, 2.05) is 6.20 Å². The Morgan fingerprint density at radius 2 is 2.00 bits per heavy atom. The molecule has 28 heavy (non-hydrogen) atoms. The third-order valence-corrected chi connectivity index (χ3v) is 5.13. The van der Waals surface area contributed by atoms with E-state index in [1.165, 1.54) is 38.2 Å². The molecule has 2 N–H and O–H groups in total. The highest BCUT2D eigenvalue weighted by atomic mass is 19.1. The third kappa shape index (κ3) is 4.32. The molecule has 0 bridgehead atoms. The van der Waals surface area contributed by atoms with Gasteiger partial charge < -0.3 is 10.6 Å². The highest BCUT2D eigenvalue weighted by Gasteiger charge is 2.22. The first-order chi connectivity index (χ1) is 13.2. The van der Waals surface area contributed by atoms with E-state index < -0.39 is 23.3 Å². The Balaban J connectivity index is 1.85. The van der Waals surface area contributed by atoms with Gasteiger partial charge in [0.15, 0.2) is 0 Å². The van der Waals surface area contributed by atoms with E-state index in [4.69, 9.17) is 0 Å². The first-order valence-corrected chi connectivity index (χ1v) is 9.55. The van der Waals surface area contributed by atoms with Gasteiger partial charge in [-0.1, -0.05) is 6.92 Å². The van der Waals surface area contributed by atoms with Gasteiger partial charge in [-0.15, -0.1) is 0 Å². The Morgan fingerprint density at radius 3 is 2.64 bits per heavy atom. The van der Waals surface area contributed by atoms with Gasteiger partial charge >= 0.3 is 0 Å². The maximum absolute atomic E-state index is 14.8. The molecule has 2 aromatic rings. The Kier molecular flexibility index (Phi) is 5.68. The van der Waals surface area contributed by atoms with E-state index >= 15 is 0 Å². The highest BCUT2D eigenvalue weighted by Crippen LogP contribution is 2.31. The van der Waals surface area contributed by atoms with Gasteiger partial charge in [-0.2, -0.15) is 0 Å². The minimum Gasteiger partial charge on any atom is -0.386 e. The largest absolute Gasteiger partial charge is 0.386 e. The van der Waals surface area contributed by atoms with Crippen molar-refractivity contribution in [3.05, 3.63) is 65.1 Å². The van der Waals surface area contributed by atoms with Crippen LogP contribution in [0.2, 0.25) is 0 Å². The average Bonchev–Trinajstić information content (AvgIpc) is 3.10. The second-order valence-corrected chi connectivity index (χ2v) is 7.77. The first kappa shape index (κ1) is 20.2. The molecule has 0 radical (unpaired) electrons. The summed E-state index contributed by atoms with van der Waals surface area (Å²) in [5, 5.41) is 6.50. The van der Waals surface area contributed by atoms with Crippen LogP contribution in [-0.4, -0.2) is 11.0 Å². The number of aromatic nitrogens is 1. The van der Waals surface area contributed by atoms with Gasteiger partial charge in [0.05, 0.1) is 11.7 Å². The van der Waals surface area contributed by atoms with E-state index in [1.54, 1.807) is 6.92 Å². The van der Waals surface area contributed by atoms with Crippen molar-refractivity contribution < 1.29 is 13.2 Å². The van der Waals surface area contributed by atoms with Gasteiger partial charge in [-0.25, -0.2) is 13.2 Å². The quantitative estimate of drug-likeness (QED) is 0.685. The second kappa shape index (κ2) is 7.86. The summed E-state index contributed by atoms with van der Waals surface area (Å²) >= 11 is 0. The van der Waals surface area contributed by atoms with Crippen LogP contribution in [0.1, 0.15) is 57.7 Å². The molecule has 1 aromatic carbocycles. The molecule has 0 saturated heterocycles. The van der Waals surface area contributed by atoms with Crippen molar-refractivity contribution in [1.82, 2.24) is 15.6 Å². The van der Waals surface area contributed by atoms with Crippen LogP contribution in [-0.2, 0) is 5.67 Å². The Hall–Kier alpha value is -2.50. The predicted molar refractivity (Wildman–Crippen MR) is 105 cm³/mol. The summed E-state index contributed by atoms with van der Waals surface area (Å²) in [5.41, 5.74) is 0.215. The molecule has 3 rings (SSSR count). The van der Waals surface area contributed by atoms with Crippen molar-refractivity contribution in [3.63, 3.8) is 0 Å². The molecule has 0 aliphatic carbocycles. The zero-order chi connectivity index (χ0) is 20.5. The van der Waals surface area contributed by atoms with Crippen LogP contribution in [0, 0.1) is 11.6 Å². The van der Waals surface area contributed by atoms with E-state index in [0.29, 0.717) is 11.6 Å². The molecular weight excluding hydrogens is 363 g/mol. The number of benzene rings is 1. The van der Waals surface area contributed by atoms with E-state index in [0.717, 1.165) is 24.6 Å². The summed E-state index contributed by atoms with van der Waals surface area (Å²) < 4.78 is 43.8. The summed E-state index contributed by atoms with van der Waals surface area (Å²) in [6.45, 7) is 6.71. The molecule has 1 unspecified atom stereocenters. The van der Waals surface area contributed by atoms with Crippen molar-refractivity contribution in [1.29, 1.82) is 0 Å². The number of halogens is 3. The number of nitrogens with one attached hydrogen (secondary N) is 2. The minimum absolute atomic E-state index is 0.0207. The van der Waals surface area contributed by atoms with Gasteiger partial charge in [0.1, 0.15) is 17.3 Å². The SMILES string of the molecule is CC[C@H]1CC(NC(C)c2cc(F)c(-c3cc(C(C)(C)F)ccn3)cc2F)=CN1. The predicted octanol–water partition coefficient (Wildman–Crippen LogP) is 5.50. The number of rotatable bonds is 6. The number of alkyl halides is 1. The summed E-state index contributed by atoms with van der Waals surface area (Å²) in [7, 11) is 0. The lowest BCUT2D eigenvalue weighted by atomic mass is 9.97. The molecule has 0 spiro atoms. The molecular formula is C22H26F3N3.